The van der Waals surface area contributed by atoms with Gasteiger partial charge in [-0.2, -0.15) is 0 Å². The smallest absolute Gasteiger partial charge is 0.228 e. The molecule has 0 bridgehead atoms. The summed E-state index contributed by atoms with van der Waals surface area (Å²) >= 11 is 3.52. The first kappa shape index (κ1) is 13.2. The van der Waals surface area contributed by atoms with Gasteiger partial charge in [0.15, 0.2) is 0 Å². The molecule has 0 aliphatic carbocycles. The molecule has 4 heteroatoms. The summed E-state index contributed by atoms with van der Waals surface area (Å²) in [5, 5.41) is 0. The maximum Gasteiger partial charge on any atom is 0.228 e. The Hall–Kier alpha value is -1.81. The van der Waals surface area contributed by atoms with Gasteiger partial charge in [0.1, 0.15) is 0 Å². The Labute approximate surface area is 126 Å². The fourth-order valence-corrected chi connectivity index (χ4v) is 2.85. The molecule has 0 spiro atoms. The van der Waals surface area contributed by atoms with Gasteiger partial charge >= 0.3 is 0 Å². The molecule has 20 heavy (non-hydrogen) atoms. The van der Waals surface area contributed by atoms with E-state index >= 15 is 0 Å². The van der Waals surface area contributed by atoms with Crippen LogP contribution in [0.4, 0.5) is 17.1 Å². The summed E-state index contributed by atoms with van der Waals surface area (Å²) in [7, 11) is 1.84. The predicted octanol–water partition coefficient (Wildman–Crippen LogP) is 3.95. The lowest BCUT2D eigenvalue weighted by molar-refractivity contribution is -0.118. The number of carbonyl (C=O) groups excluding carboxylic acids is 1. The molecule has 0 saturated carbocycles. The van der Waals surface area contributed by atoms with Crippen LogP contribution < -0.4 is 9.80 Å². The molecule has 0 N–H and O–H groups in total. The monoisotopic (exact) mass is 330 g/mol. The summed E-state index contributed by atoms with van der Waals surface area (Å²) in [4.78, 5) is 16.1. The molecule has 1 amide bonds. The minimum atomic E-state index is 0.145. The van der Waals surface area contributed by atoms with Crippen molar-refractivity contribution >= 4 is 38.9 Å². The molecule has 102 valence electrons. The summed E-state index contributed by atoms with van der Waals surface area (Å²) in [6, 6.07) is 16.2. The lowest BCUT2D eigenvalue weighted by Crippen LogP contribution is -2.25. The van der Waals surface area contributed by atoms with Gasteiger partial charge in [0.05, 0.1) is 11.4 Å². The molecular weight excluding hydrogens is 316 g/mol. The molecular formula is C16H15BrN2O. The first-order valence-electron chi connectivity index (χ1n) is 6.55. The zero-order chi connectivity index (χ0) is 14.1. The zero-order valence-corrected chi connectivity index (χ0v) is 12.8. The van der Waals surface area contributed by atoms with Crippen molar-refractivity contribution in [2.24, 2.45) is 0 Å². The maximum atomic E-state index is 12.1. The van der Waals surface area contributed by atoms with Gasteiger partial charge in [0, 0.05) is 30.2 Å². The van der Waals surface area contributed by atoms with Gasteiger partial charge in [0.2, 0.25) is 5.91 Å². The van der Waals surface area contributed by atoms with Gasteiger partial charge in [-0.3, -0.25) is 4.79 Å². The van der Waals surface area contributed by atoms with E-state index in [4.69, 9.17) is 0 Å². The molecule has 0 unspecified atom stereocenters. The summed E-state index contributed by atoms with van der Waals surface area (Å²) in [5.41, 5.74) is 3.11. The van der Waals surface area contributed by atoms with E-state index in [1.807, 2.05) is 37.4 Å². The van der Waals surface area contributed by atoms with Crippen molar-refractivity contribution in [2.45, 2.75) is 6.42 Å². The molecule has 0 atom stereocenters. The van der Waals surface area contributed by atoms with Crippen LogP contribution in [0.5, 0.6) is 0 Å². The fourth-order valence-electron chi connectivity index (χ4n) is 2.50. The highest BCUT2D eigenvalue weighted by Gasteiger charge is 2.24. The van der Waals surface area contributed by atoms with Gasteiger partial charge in [-0.25, -0.2) is 0 Å². The summed E-state index contributed by atoms with van der Waals surface area (Å²) < 4.78 is 1.01. The van der Waals surface area contributed by atoms with E-state index < -0.39 is 0 Å². The molecule has 1 heterocycles. The van der Waals surface area contributed by atoms with E-state index in [0.717, 1.165) is 21.5 Å². The largest absolute Gasteiger partial charge is 0.339 e. The molecule has 1 aliphatic rings. The van der Waals surface area contributed by atoms with Crippen LogP contribution >= 0.6 is 15.9 Å². The van der Waals surface area contributed by atoms with Gasteiger partial charge in [-0.05, 0) is 30.3 Å². The van der Waals surface area contributed by atoms with Crippen molar-refractivity contribution < 1.29 is 4.79 Å². The summed E-state index contributed by atoms with van der Waals surface area (Å²) in [5.74, 6) is 0.145. The van der Waals surface area contributed by atoms with E-state index in [0.29, 0.717) is 13.0 Å². The van der Waals surface area contributed by atoms with E-state index in [2.05, 4.69) is 39.0 Å². The van der Waals surface area contributed by atoms with Crippen LogP contribution in [-0.2, 0) is 4.79 Å². The Morgan fingerprint density at radius 1 is 1.05 bits per heavy atom. The van der Waals surface area contributed by atoms with Gasteiger partial charge in [-0.15, -0.1) is 0 Å². The zero-order valence-electron chi connectivity index (χ0n) is 11.2. The number of nitrogens with zero attached hydrogens (tertiary/aromatic N) is 2. The van der Waals surface area contributed by atoms with Crippen molar-refractivity contribution in [1.82, 2.24) is 0 Å². The molecule has 2 aromatic rings. The Kier molecular flexibility index (Phi) is 3.49. The first-order chi connectivity index (χ1) is 9.66. The Balaban J connectivity index is 2.15. The van der Waals surface area contributed by atoms with E-state index in [1.165, 1.54) is 0 Å². The number of carbonyl (C=O) groups is 1. The van der Waals surface area contributed by atoms with Crippen molar-refractivity contribution in [2.75, 3.05) is 23.4 Å². The fraction of sp³-hybridized carbons (Fsp3) is 0.188. The molecule has 0 radical (unpaired) electrons. The third-order valence-electron chi connectivity index (χ3n) is 3.58. The third kappa shape index (κ3) is 2.31. The van der Waals surface area contributed by atoms with Crippen LogP contribution in [0.25, 0.3) is 0 Å². The second-order valence-corrected chi connectivity index (χ2v) is 5.74. The number of halogens is 1. The Morgan fingerprint density at radius 2 is 1.80 bits per heavy atom. The third-order valence-corrected chi connectivity index (χ3v) is 4.07. The summed E-state index contributed by atoms with van der Waals surface area (Å²) in [6.45, 7) is 0.691. The van der Waals surface area contributed by atoms with Crippen molar-refractivity contribution in [3.63, 3.8) is 0 Å². The maximum absolute atomic E-state index is 12.1. The van der Waals surface area contributed by atoms with Gasteiger partial charge in [-0.1, -0.05) is 34.1 Å². The Bertz CT molecular complexity index is 642. The minimum absolute atomic E-state index is 0.145. The molecule has 2 aromatic carbocycles. The average Bonchev–Trinajstić information content (AvgIpc) is 2.58. The number of fused-ring (bicyclic) bond motifs is 1. The number of anilines is 3. The average molecular weight is 331 g/mol. The van der Waals surface area contributed by atoms with Crippen LogP contribution in [0.15, 0.2) is 53.0 Å². The molecule has 3 nitrogen and oxygen atoms in total. The number of rotatable bonds is 1. The van der Waals surface area contributed by atoms with Gasteiger partial charge in [0.25, 0.3) is 0 Å². The second kappa shape index (κ2) is 5.29. The summed E-state index contributed by atoms with van der Waals surface area (Å²) in [6.07, 6.45) is 0.512. The number of amides is 1. The molecule has 0 aromatic heterocycles. The Morgan fingerprint density at radius 3 is 2.55 bits per heavy atom. The van der Waals surface area contributed by atoms with Crippen LogP contribution in [0.2, 0.25) is 0 Å². The molecule has 1 aliphatic heterocycles. The first-order valence-corrected chi connectivity index (χ1v) is 7.35. The highest BCUT2D eigenvalue weighted by atomic mass is 79.9. The second-order valence-electron chi connectivity index (χ2n) is 4.82. The number of hydrogen-bond donors (Lipinski definition) is 0. The quantitative estimate of drug-likeness (QED) is 0.790. The van der Waals surface area contributed by atoms with E-state index in [1.54, 1.807) is 4.90 Å². The lowest BCUT2D eigenvalue weighted by Gasteiger charge is -2.25. The number of hydrogen-bond acceptors (Lipinski definition) is 2. The normalized spacial score (nSPS) is 15.0. The molecule has 0 fully saturated rings. The SMILES string of the molecule is CN1C(=O)CCN(c2ccccc2)c2cc(Br)ccc21. The highest BCUT2D eigenvalue weighted by molar-refractivity contribution is 9.10. The standard InChI is InChI=1S/C16H15BrN2O/c1-18-14-8-7-12(17)11-15(14)19(10-9-16(18)20)13-5-3-2-4-6-13/h2-8,11H,9-10H2,1H3. The van der Waals surface area contributed by atoms with E-state index in [9.17, 15) is 4.79 Å². The van der Waals surface area contributed by atoms with Gasteiger partial charge < -0.3 is 9.80 Å². The van der Waals surface area contributed by atoms with Crippen LogP contribution in [0, 0.1) is 0 Å². The van der Waals surface area contributed by atoms with Crippen LogP contribution in [0.1, 0.15) is 6.42 Å². The highest BCUT2D eigenvalue weighted by Crippen LogP contribution is 2.38. The predicted molar refractivity (Wildman–Crippen MR) is 85.6 cm³/mol. The number of benzene rings is 2. The van der Waals surface area contributed by atoms with Crippen LogP contribution in [-0.4, -0.2) is 19.5 Å². The van der Waals surface area contributed by atoms with Crippen molar-refractivity contribution in [1.29, 1.82) is 0 Å². The van der Waals surface area contributed by atoms with Crippen molar-refractivity contribution in [3.05, 3.63) is 53.0 Å². The lowest BCUT2D eigenvalue weighted by atomic mass is 10.2. The van der Waals surface area contributed by atoms with Crippen LogP contribution in [0.3, 0.4) is 0 Å². The number of para-hydroxylation sites is 1. The molecule has 0 saturated heterocycles. The topological polar surface area (TPSA) is 23.6 Å². The van der Waals surface area contributed by atoms with E-state index in [-0.39, 0.29) is 5.91 Å². The van der Waals surface area contributed by atoms with Crippen molar-refractivity contribution in [3.8, 4) is 0 Å². The minimum Gasteiger partial charge on any atom is -0.339 e. The molecule has 3 rings (SSSR count).